The molecule has 1 heterocycles. The van der Waals surface area contributed by atoms with E-state index in [9.17, 15) is 9.59 Å². The van der Waals surface area contributed by atoms with E-state index in [0.29, 0.717) is 31.6 Å². The molecule has 1 saturated heterocycles. The van der Waals surface area contributed by atoms with Gasteiger partial charge in [0.15, 0.2) is 0 Å². The molecule has 114 valence electrons. The van der Waals surface area contributed by atoms with Gasteiger partial charge in [-0.05, 0) is 23.1 Å². The molecule has 0 saturated carbocycles. The second kappa shape index (κ2) is 5.88. The molecule has 4 heteroatoms. The third-order valence-electron chi connectivity index (χ3n) is 4.01. The summed E-state index contributed by atoms with van der Waals surface area (Å²) < 4.78 is 0. The Kier molecular flexibility index (Phi) is 4.35. The minimum absolute atomic E-state index is 0.0126. The molecule has 1 aromatic rings. The van der Waals surface area contributed by atoms with Crippen LogP contribution in [0, 0.1) is 0 Å². The number of amides is 2. The molecule has 0 aliphatic carbocycles. The molecule has 0 atom stereocenters. The molecule has 1 aliphatic heterocycles. The summed E-state index contributed by atoms with van der Waals surface area (Å²) in [6.45, 7) is 8.16. The lowest BCUT2D eigenvalue weighted by molar-refractivity contribution is -0.129. The summed E-state index contributed by atoms with van der Waals surface area (Å²) in [6.07, 6.45) is 0.405. The van der Waals surface area contributed by atoms with Crippen LogP contribution in [0.1, 0.15) is 43.1 Å². The van der Waals surface area contributed by atoms with Crippen LogP contribution >= 0.6 is 0 Å². The second-order valence-corrected chi connectivity index (χ2v) is 6.68. The zero-order chi connectivity index (χ0) is 15.6. The molecule has 1 aliphatic rings. The summed E-state index contributed by atoms with van der Waals surface area (Å²) in [6, 6.07) is 7.81. The van der Waals surface area contributed by atoms with Crippen molar-refractivity contribution in [2.24, 2.45) is 0 Å². The normalized spacial score (nSPS) is 16.9. The first kappa shape index (κ1) is 15.5. The minimum atomic E-state index is 0.0126. The van der Waals surface area contributed by atoms with E-state index in [1.807, 2.05) is 24.3 Å². The summed E-state index contributed by atoms with van der Waals surface area (Å²) >= 11 is 0. The molecule has 1 fully saturated rings. The van der Waals surface area contributed by atoms with Gasteiger partial charge in [0.05, 0.1) is 0 Å². The largest absolute Gasteiger partial charge is 0.344 e. The summed E-state index contributed by atoms with van der Waals surface area (Å²) in [5, 5.41) is 0. The number of hydrogen-bond acceptors (Lipinski definition) is 2. The highest BCUT2D eigenvalue weighted by Gasteiger charge is 2.23. The van der Waals surface area contributed by atoms with Crippen molar-refractivity contribution in [2.75, 3.05) is 26.7 Å². The maximum Gasteiger partial charge on any atom is 0.253 e. The van der Waals surface area contributed by atoms with Crippen molar-refractivity contribution in [1.82, 2.24) is 9.80 Å². The molecule has 0 spiro atoms. The molecule has 2 amide bonds. The SMILES string of the molecule is CN1CCN(C(=O)c2ccc(C(C)(C)C)cc2)CCC1=O. The van der Waals surface area contributed by atoms with Crippen molar-refractivity contribution in [3.63, 3.8) is 0 Å². The molecule has 0 aromatic heterocycles. The highest BCUT2D eigenvalue weighted by molar-refractivity contribution is 5.94. The average Bonchev–Trinajstić information content (AvgIpc) is 2.60. The van der Waals surface area contributed by atoms with Crippen molar-refractivity contribution in [3.8, 4) is 0 Å². The summed E-state index contributed by atoms with van der Waals surface area (Å²) in [4.78, 5) is 27.6. The first-order valence-electron chi connectivity index (χ1n) is 7.43. The van der Waals surface area contributed by atoms with Crippen molar-refractivity contribution in [1.29, 1.82) is 0 Å². The van der Waals surface area contributed by atoms with Crippen LogP contribution in [0.5, 0.6) is 0 Å². The quantitative estimate of drug-likeness (QED) is 0.795. The molecule has 0 radical (unpaired) electrons. The Bertz CT molecular complexity index is 529. The van der Waals surface area contributed by atoms with E-state index in [-0.39, 0.29) is 17.2 Å². The first-order chi connectivity index (χ1) is 9.79. The maximum atomic E-state index is 12.5. The third-order valence-corrected chi connectivity index (χ3v) is 4.01. The van der Waals surface area contributed by atoms with Gasteiger partial charge in [-0.25, -0.2) is 0 Å². The lowest BCUT2D eigenvalue weighted by Gasteiger charge is -2.22. The molecule has 2 rings (SSSR count). The third kappa shape index (κ3) is 3.63. The van der Waals surface area contributed by atoms with Gasteiger partial charge in [-0.2, -0.15) is 0 Å². The van der Waals surface area contributed by atoms with Crippen LogP contribution < -0.4 is 0 Å². The standard InChI is InChI=1S/C17H24N2O2/c1-17(2,3)14-7-5-13(6-8-14)16(21)19-10-9-15(20)18(4)11-12-19/h5-8H,9-12H2,1-4H3. The fourth-order valence-electron chi connectivity index (χ4n) is 2.43. The van der Waals surface area contributed by atoms with Gasteiger partial charge in [-0.3, -0.25) is 9.59 Å². The summed E-state index contributed by atoms with van der Waals surface area (Å²) in [7, 11) is 1.79. The van der Waals surface area contributed by atoms with Crippen LogP contribution in [0.15, 0.2) is 24.3 Å². The number of hydrogen-bond donors (Lipinski definition) is 0. The molecular formula is C17H24N2O2. The van der Waals surface area contributed by atoms with Crippen LogP contribution in [0.2, 0.25) is 0 Å². The second-order valence-electron chi connectivity index (χ2n) is 6.68. The van der Waals surface area contributed by atoms with Gasteiger partial charge in [0, 0.05) is 38.7 Å². The fourth-order valence-corrected chi connectivity index (χ4v) is 2.43. The Hall–Kier alpha value is -1.84. The van der Waals surface area contributed by atoms with Crippen LogP contribution in [0.25, 0.3) is 0 Å². The Balaban J connectivity index is 2.11. The summed E-state index contributed by atoms with van der Waals surface area (Å²) in [5.41, 5.74) is 1.99. The zero-order valence-electron chi connectivity index (χ0n) is 13.3. The Morgan fingerprint density at radius 2 is 1.67 bits per heavy atom. The fraction of sp³-hybridized carbons (Fsp3) is 0.529. The van der Waals surface area contributed by atoms with Crippen LogP contribution in [-0.4, -0.2) is 48.3 Å². The monoisotopic (exact) mass is 288 g/mol. The van der Waals surface area contributed by atoms with Crippen molar-refractivity contribution in [2.45, 2.75) is 32.6 Å². The minimum Gasteiger partial charge on any atom is -0.344 e. The molecule has 0 N–H and O–H groups in total. The number of likely N-dealkylation sites (N-methyl/N-ethyl adjacent to an activating group) is 1. The molecule has 0 bridgehead atoms. The molecule has 0 unspecified atom stereocenters. The van der Waals surface area contributed by atoms with E-state index in [1.165, 1.54) is 5.56 Å². The van der Waals surface area contributed by atoms with Gasteiger partial charge >= 0.3 is 0 Å². The molecule has 1 aromatic carbocycles. The average molecular weight is 288 g/mol. The highest BCUT2D eigenvalue weighted by Crippen LogP contribution is 2.22. The van der Waals surface area contributed by atoms with E-state index in [4.69, 9.17) is 0 Å². The van der Waals surface area contributed by atoms with Gasteiger partial charge in [0.2, 0.25) is 5.91 Å². The summed E-state index contributed by atoms with van der Waals surface area (Å²) in [5.74, 6) is 0.118. The highest BCUT2D eigenvalue weighted by atomic mass is 16.2. The number of benzene rings is 1. The maximum absolute atomic E-state index is 12.5. The van der Waals surface area contributed by atoms with Gasteiger partial charge in [-0.1, -0.05) is 32.9 Å². The first-order valence-corrected chi connectivity index (χ1v) is 7.43. The van der Waals surface area contributed by atoms with E-state index in [1.54, 1.807) is 16.8 Å². The lowest BCUT2D eigenvalue weighted by Crippen LogP contribution is -2.34. The molecular weight excluding hydrogens is 264 g/mol. The van der Waals surface area contributed by atoms with Gasteiger partial charge in [0.25, 0.3) is 5.91 Å². The number of carbonyl (C=O) groups is 2. The van der Waals surface area contributed by atoms with Crippen LogP contribution in [0.4, 0.5) is 0 Å². The van der Waals surface area contributed by atoms with E-state index >= 15 is 0 Å². The predicted octanol–water partition coefficient (Wildman–Crippen LogP) is 2.29. The Labute approximate surface area is 126 Å². The van der Waals surface area contributed by atoms with Crippen molar-refractivity contribution >= 4 is 11.8 Å². The zero-order valence-corrected chi connectivity index (χ0v) is 13.3. The van der Waals surface area contributed by atoms with E-state index in [0.717, 1.165) is 0 Å². The van der Waals surface area contributed by atoms with E-state index in [2.05, 4.69) is 20.8 Å². The number of carbonyl (C=O) groups excluding carboxylic acids is 2. The van der Waals surface area contributed by atoms with Crippen molar-refractivity contribution < 1.29 is 9.59 Å². The number of rotatable bonds is 1. The van der Waals surface area contributed by atoms with Crippen LogP contribution in [-0.2, 0) is 10.2 Å². The van der Waals surface area contributed by atoms with Gasteiger partial charge in [-0.15, -0.1) is 0 Å². The van der Waals surface area contributed by atoms with Gasteiger partial charge < -0.3 is 9.80 Å². The Morgan fingerprint density at radius 1 is 1.05 bits per heavy atom. The topological polar surface area (TPSA) is 40.6 Å². The van der Waals surface area contributed by atoms with Crippen LogP contribution in [0.3, 0.4) is 0 Å². The molecule has 4 nitrogen and oxygen atoms in total. The van der Waals surface area contributed by atoms with Crippen molar-refractivity contribution in [3.05, 3.63) is 35.4 Å². The van der Waals surface area contributed by atoms with Gasteiger partial charge in [0.1, 0.15) is 0 Å². The predicted molar refractivity (Wildman–Crippen MR) is 83.3 cm³/mol. The van der Waals surface area contributed by atoms with E-state index < -0.39 is 0 Å². The number of nitrogens with zero attached hydrogens (tertiary/aromatic N) is 2. The smallest absolute Gasteiger partial charge is 0.253 e. The Morgan fingerprint density at radius 3 is 2.24 bits per heavy atom. The lowest BCUT2D eigenvalue weighted by atomic mass is 9.86. The molecule has 21 heavy (non-hydrogen) atoms.